The Hall–Kier alpha value is -1.66. The molecule has 1 aliphatic heterocycles. The van der Waals surface area contributed by atoms with Crippen molar-refractivity contribution < 1.29 is 0 Å². The molecule has 1 atom stereocenters. The third-order valence-corrected chi connectivity index (χ3v) is 5.50. The number of anilines is 1. The third-order valence-electron chi connectivity index (χ3n) is 5.27. The van der Waals surface area contributed by atoms with Crippen molar-refractivity contribution in [2.45, 2.75) is 53.1 Å². The van der Waals surface area contributed by atoms with Crippen LogP contribution in [0.4, 0.5) is 5.69 Å². The molecule has 3 rings (SSSR count). The normalized spacial score (nSPS) is 17.1. The van der Waals surface area contributed by atoms with Crippen LogP contribution in [0.5, 0.6) is 0 Å². The van der Waals surface area contributed by atoms with E-state index in [2.05, 4.69) is 72.1 Å². The van der Waals surface area contributed by atoms with Gasteiger partial charge in [0.05, 0.1) is 12.1 Å². The van der Waals surface area contributed by atoms with Gasteiger partial charge in [-0.2, -0.15) is 0 Å². The van der Waals surface area contributed by atoms with Crippen LogP contribution in [0, 0.1) is 12.8 Å². The average molecular weight is 391 g/mol. The van der Waals surface area contributed by atoms with E-state index in [0.29, 0.717) is 5.92 Å². The topological polar surface area (TPSA) is 50.1 Å². The molecule has 1 aromatic heterocycles. The zero-order chi connectivity index (χ0) is 19.6. The summed E-state index contributed by atoms with van der Waals surface area (Å²) in [5.41, 5.74) is 2.52. The number of piperazine rings is 1. The summed E-state index contributed by atoms with van der Waals surface area (Å²) < 4.78 is 1.97. The molecule has 1 fully saturated rings. The quantitative estimate of drug-likeness (QED) is 0.742. The lowest BCUT2D eigenvalue weighted by Gasteiger charge is -2.40. The number of benzene rings is 1. The zero-order valence-corrected chi connectivity index (χ0v) is 17.8. The molecule has 2 aromatic rings. The SMILES string of the molecule is Cc1ccc(Cl)cc1N1CCN([C@@H](CC(C)C)c2nnnn2C(C)C)CC1. The minimum Gasteiger partial charge on any atom is -0.369 e. The summed E-state index contributed by atoms with van der Waals surface area (Å²) in [4.78, 5) is 4.98. The van der Waals surface area contributed by atoms with E-state index in [0.717, 1.165) is 43.4 Å². The highest BCUT2D eigenvalue weighted by Crippen LogP contribution is 2.31. The maximum atomic E-state index is 6.23. The molecule has 1 aliphatic rings. The molecule has 2 heterocycles. The summed E-state index contributed by atoms with van der Waals surface area (Å²) in [5, 5.41) is 13.4. The Morgan fingerprint density at radius 1 is 1.07 bits per heavy atom. The number of aromatic nitrogens is 4. The summed E-state index contributed by atoms with van der Waals surface area (Å²) in [6.45, 7) is 14.9. The van der Waals surface area contributed by atoms with Gasteiger partial charge in [-0.3, -0.25) is 4.90 Å². The predicted molar refractivity (Wildman–Crippen MR) is 110 cm³/mol. The van der Waals surface area contributed by atoms with E-state index >= 15 is 0 Å². The lowest BCUT2D eigenvalue weighted by atomic mass is 10.0. The first kappa shape index (κ1) is 20.1. The van der Waals surface area contributed by atoms with Crippen molar-refractivity contribution in [3.05, 3.63) is 34.6 Å². The maximum Gasteiger partial charge on any atom is 0.168 e. The Bertz CT molecular complexity index is 749. The third kappa shape index (κ3) is 4.61. The van der Waals surface area contributed by atoms with Crippen LogP contribution in [0.2, 0.25) is 5.02 Å². The Morgan fingerprint density at radius 2 is 1.78 bits per heavy atom. The maximum absolute atomic E-state index is 6.23. The number of aryl methyl sites for hydroxylation is 1. The second kappa shape index (κ2) is 8.57. The van der Waals surface area contributed by atoms with Crippen molar-refractivity contribution >= 4 is 17.3 Å². The molecule has 1 saturated heterocycles. The molecule has 7 heteroatoms. The predicted octanol–water partition coefficient (Wildman–Crippen LogP) is 4.13. The highest BCUT2D eigenvalue weighted by Gasteiger charge is 2.30. The van der Waals surface area contributed by atoms with Crippen molar-refractivity contribution in [2.24, 2.45) is 5.92 Å². The molecule has 1 aromatic carbocycles. The van der Waals surface area contributed by atoms with Crippen LogP contribution in [0.1, 0.15) is 57.6 Å². The van der Waals surface area contributed by atoms with Crippen molar-refractivity contribution in [2.75, 3.05) is 31.1 Å². The zero-order valence-electron chi connectivity index (χ0n) is 17.1. The molecule has 0 spiro atoms. The van der Waals surface area contributed by atoms with Crippen LogP contribution in [-0.2, 0) is 0 Å². The molecule has 0 bridgehead atoms. The summed E-state index contributed by atoms with van der Waals surface area (Å²) in [6, 6.07) is 6.66. The van der Waals surface area contributed by atoms with Gasteiger partial charge in [0.2, 0.25) is 0 Å². The van der Waals surface area contributed by atoms with Crippen molar-refractivity contribution in [3.8, 4) is 0 Å². The molecule has 6 nitrogen and oxygen atoms in total. The second-order valence-corrected chi connectivity index (χ2v) is 8.61. The van der Waals surface area contributed by atoms with Crippen LogP contribution in [0.15, 0.2) is 18.2 Å². The number of tetrazole rings is 1. The molecular weight excluding hydrogens is 360 g/mol. The van der Waals surface area contributed by atoms with E-state index in [9.17, 15) is 0 Å². The minimum atomic E-state index is 0.255. The Labute approximate surface area is 167 Å². The fraction of sp³-hybridized carbons (Fsp3) is 0.650. The average Bonchev–Trinajstić information content (AvgIpc) is 3.11. The van der Waals surface area contributed by atoms with Gasteiger partial charge in [0.25, 0.3) is 0 Å². The molecule has 0 amide bonds. The van der Waals surface area contributed by atoms with E-state index in [1.807, 2.05) is 10.7 Å². The molecule has 0 saturated carbocycles. The second-order valence-electron chi connectivity index (χ2n) is 8.17. The molecule has 0 radical (unpaired) electrons. The number of nitrogens with zero attached hydrogens (tertiary/aromatic N) is 6. The van der Waals surface area contributed by atoms with Gasteiger partial charge >= 0.3 is 0 Å². The molecule has 0 N–H and O–H groups in total. The van der Waals surface area contributed by atoms with Gasteiger partial charge in [-0.1, -0.05) is 31.5 Å². The van der Waals surface area contributed by atoms with Gasteiger partial charge < -0.3 is 4.90 Å². The van der Waals surface area contributed by atoms with E-state index in [-0.39, 0.29) is 12.1 Å². The van der Waals surface area contributed by atoms with Crippen LogP contribution in [0.25, 0.3) is 0 Å². The molecular formula is C20H31ClN6. The summed E-state index contributed by atoms with van der Waals surface area (Å²) in [7, 11) is 0. The van der Waals surface area contributed by atoms with Crippen LogP contribution < -0.4 is 4.90 Å². The van der Waals surface area contributed by atoms with Gasteiger partial charge in [-0.25, -0.2) is 4.68 Å². The lowest BCUT2D eigenvalue weighted by molar-refractivity contribution is 0.151. The van der Waals surface area contributed by atoms with E-state index in [1.165, 1.54) is 11.3 Å². The van der Waals surface area contributed by atoms with Gasteiger partial charge in [0, 0.05) is 36.9 Å². The summed E-state index contributed by atoms with van der Waals surface area (Å²) >= 11 is 6.23. The highest BCUT2D eigenvalue weighted by atomic mass is 35.5. The Morgan fingerprint density at radius 3 is 2.41 bits per heavy atom. The van der Waals surface area contributed by atoms with E-state index < -0.39 is 0 Å². The van der Waals surface area contributed by atoms with Crippen molar-refractivity contribution in [3.63, 3.8) is 0 Å². The van der Waals surface area contributed by atoms with Crippen LogP contribution >= 0.6 is 11.6 Å². The summed E-state index contributed by atoms with van der Waals surface area (Å²) in [5.74, 6) is 1.58. The van der Waals surface area contributed by atoms with Crippen molar-refractivity contribution in [1.82, 2.24) is 25.1 Å². The summed E-state index contributed by atoms with van der Waals surface area (Å²) in [6.07, 6.45) is 1.06. The number of hydrogen-bond acceptors (Lipinski definition) is 5. The van der Waals surface area contributed by atoms with Gasteiger partial charge in [0.1, 0.15) is 0 Å². The monoisotopic (exact) mass is 390 g/mol. The molecule has 148 valence electrons. The van der Waals surface area contributed by atoms with Gasteiger partial charge in [0.15, 0.2) is 5.82 Å². The largest absolute Gasteiger partial charge is 0.369 e. The fourth-order valence-electron chi connectivity index (χ4n) is 3.85. The Balaban J connectivity index is 1.76. The van der Waals surface area contributed by atoms with Crippen LogP contribution in [0.3, 0.4) is 0 Å². The first-order valence-electron chi connectivity index (χ1n) is 9.89. The van der Waals surface area contributed by atoms with E-state index in [4.69, 9.17) is 11.6 Å². The van der Waals surface area contributed by atoms with Crippen LogP contribution in [-0.4, -0.2) is 51.3 Å². The number of halogens is 1. The van der Waals surface area contributed by atoms with Gasteiger partial charge in [-0.05, 0) is 61.2 Å². The smallest absolute Gasteiger partial charge is 0.168 e. The number of rotatable bonds is 6. The fourth-order valence-corrected chi connectivity index (χ4v) is 4.02. The standard InChI is InChI=1S/C20H31ClN6/c1-14(2)12-19(20-22-23-24-27(20)15(3)4)26-10-8-25(9-11-26)18-13-17(21)7-6-16(18)5/h6-7,13-15,19H,8-12H2,1-5H3/t19-/m0/s1. The van der Waals surface area contributed by atoms with Gasteiger partial charge in [-0.15, -0.1) is 5.10 Å². The lowest BCUT2D eigenvalue weighted by Crippen LogP contribution is -2.48. The number of hydrogen-bond donors (Lipinski definition) is 0. The first-order chi connectivity index (χ1) is 12.9. The van der Waals surface area contributed by atoms with E-state index in [1.54, 1.807) is 0 Å². The first-order valence-corrected chi connectivity index (χ1v) is 10.3. The molecule has 0 aliphatic carbocycles. The molecule has 27 heavy (non-hydrogen) atoms. The Kier molecular flexibility index (Phi) is 6.37. The van der Waals surface area contributed by atoms with Crippen molar-refractivity contribution in [1.29, 1.82) is 0 Å². The highest BCUT2D eigenvalue weighted by molar-refractivity contribution is 6.30. The molecule has 0 unspecified atom stereocenters. The minimum absolute atomic E-state index is 0.255.